The van der Waals surface area contributed by atoms with E-state index in [0.29, 0.717) is 25.1 Å². The van der Waals surface area contributed by atoms with Gasteiger partial charge in [0, 0.05) is 66.5 Å². The molecule has 6 rings (SSSR count). The molecule has 3 heterocycles. The van der Waals surface area contributed by atoms with Crippen LogP contribution >= 0.6 is 11.3 Å². The van der Waals surface area contributed by atoms with Crippen molar-refractivity contribution in [2.45, 2.75) is 131 Å². The first-order valence-corrected chi connectivity index (χ1v) is 24.7. The number of carbonyl (C=O) groups is 4. The van der Waals surface area contributed by atoms with E-state index in [4.69, 9.17) is 14.7 Å². The quantitative estimate of drug-likeness (QED) is 0.0569. The van der Waals surface area contributed by atoms with E-state index in [1.807, 2.05) is 86.6 Å². The third-order valence-corrected chi connectivity index (χ3v) is 14.4. The van der Waals surface area contributed by atoms with Crippen molar-refractivity contribution in [3.8, 4) is 22.4 Å². The Balaban J connectivity index is 0.893. The fourth-order valence-electron chi connectivity index (χ4n) is 9.82. The largest absolute Gasteiger partial charge is 0.473 e. The minimum Gasteiger partial charge on any atom is -0.473 e. The van der Waals surface area contributed by atoms with Gasteiger partial charge in [0.1, 0.15) is 30.9 Å². The zero-order valence-corrected chi connectivity index (χ0v) is 42.5. The molecule has 1 aliphatic heterocycles. The number of alkyl halides is 3. The molecule has 4 atom stereocenters. The molecule has 2 aliphatic rings. The number of β-amino-alcohol motifs (C(OH)–C–C–N with tert-alkyl or cyclic N) is 1. The van der Waals surface area contributed by atoms with E-state index in [2.05, 4.69) is 31.2 Å². The topological polar surface area (TPSA) is 208 Å². The van der Waals surface area contributed by atoms with Crippen molar-refractivity contribution in [3.05, 3.63) is 94.3 Å². The molecule has 2 fully saturated rings. The smallest absolute Gasteiger partial charge is 0.417 e. The number of hydrogen-bond donors (Lipinski definition) is 5. The number of pyridine rings is 1. The summed E-state index contributed by atoms with van der Waals surface area (Å²) in [6, 6.07) is 14.5. The van der Waals surface area contributed by atoms with E-state index in [9.17, 15) is 37.5 Å². The molecule has 0 radical (unpaired) electrons. The summed E-state index contributed by atoms with van der Waals surface area (Å²) in [7, 11) is 0. The van der Waals surface area contributed by atoms with Crippen LogP contribution in [-0.4, -0.2) is 100 Å². The van der Waals surface area contributed by atoms with Crippen LogP contribution in [0.15, 0.2) is 66.3 Å². The average Bonchev–Trinajstić information content (AvgIpc) is 3.94. The zero-order chi connectivity index (χ0) is 52.1. The minimum absolute atomic E-state index is 0.0345. The molecular weight excluding hydrogens is 938 g/mol. The second-order valence-electron chi connectivity index (χ2n) is 20.7. The van der Waals surface area contributed by atoms with Gasteiger partial charge in [0.15, 0.2) is 0 Å². The van der Waals surface area contributed by atoms with Crippen molar-refractivity contribution in [1.82, 2.24) is 30.8 Å². The number of aliphatic hydroxyl groups excluding tert-OH is 1. The molecule has 0 spiro atoms. The SMILES string of the molecule is Cc1ncsc1-c1ccc([C@H](C)NC(=O)[C@@H]2C[C@@H](O)CN2C(=O)[C@@H](NC(=O)COCCCCCNc2ccc(C(=O)NC3C(C)(C)C(Oc4cc(C(F)(F)F)c(C#N)cn4)C3(C)C)cc2)C(C)(C)C)cc1. The Hall–Kier alpha value is -6.10. The van der Waals surface area contributed by atoms with Crippen molar-refractivity contribution in [2.75, 3.05) is 31.6 Å². The maximum atomic E-state index is 14.1. The van der Waals surface area contributed by atoms with Crippen LogP contribution in [0.2, 0.25) is 0 Å². The van der Waals surface area contributed by atoms with Crippen LogP contribution in [-0.2, 0) is 25.3 Å². The normalized spacial score (nSPS) is 20.2. The van der Waals surface area contributed by atoms with E-state index >= 15 is 0 Å². The highest BCUT2D eigenvalue weighted by Crippen LogP contribution is 2.55. The van der Waals surface area contributed by atoms with Crippen LogP contribution in [0.5, 0.6) is 5.88 Å². The highest BCUT2D eigenvalue weighted by atomic mass is 32.1. The van der Waals surface area contributed by atoms with Gasteiger partial charge in [-0.3, -0.25) is 19.2 Å². The highest BCUT2D eigenvalue weighted by Gasteiger charge is 2.64. The van der Waals surface area contributed by atoms with Gasteiger partial charge in [-0.15, -0.1) is 11.3 Å². The molecule has 1 saturated carbocycles. The summed E-state index contributed by atoms with van der Waals surface area (Å²) in [6.07, 6.45) is -3.02. The highest BCUT2D eigenvalue weighted by molar-refractivity contribution is 7.13. The summed E-state index contributed by atoms with van der Waals surface area (Å²) in [4.78, 5) is 64.9. The molecule has 71 heavy (non-hydrogen) atoms. The van der Waals surface area contributed by atoms with Gasteiger partial charge in [0.25, 0.3) is 5.91 Å². The van der Waals surface area contributed by atoms with Crippen molar-refractivity contribution >= 4 is 40.7 Å². The zero-order valence-electron chi connectivity index (χ0n) is 41.7. The molecule has 19 heteroatoms. The summed E-state index contributed by atoms with van der Waals surface area (Å²) in [5, 5.41) is 32.0. The van der Waals surface area contributed by atoms with Crippen LogP contribution in [0.3, 0.4) is 0 Å². The fourth-order valence-corrected chi connectivity index (χ4v) is 10.6. The first kappa shape index (κ1) is 54.2. The third-order valence-electron chi connectivity index (χ3n) is 13.4. The van der Waals surface area contributed by atoms with Crippen LogP contribution in [0, 0.1) is 34.5 Å². The minimum atomic E-state index is -4.75. The lowest BCUT2D eigenvalue weighted by atomic mass is 9.49. The lowest BCUT2D eigenvalue weighted by Crippen LogP contribution is -2.74. The number of ether oxygens (including phenoxy) is 2. The molecular formula is C52H65F3N8O7S. The number of nitrogens with one attached hydrogen (secondary N) is 4. The summed E-state index contributed by atoms with van der Waals surface area (Å²) in [5.74, 6) is -1.87. The Kier molecular flexibility index (Phi) is 16.9. The van der Waals surface area contributed by atoms with E-state index in [1.54, 1.807) is 41.1 Å². The number of hydrogen-bond acceptors (Lipinski definition) is 12. The number of nitrogens with zero attached hydrogens (tertiary/aromatic N) is 4. The van der Waals surface area contributed by atoms with Gasteiger partial charge in [0.05, 0.1) is 39.4 Å². The Morgan fingerprint density at radius 3 is 2.25 bits per heavy atom. The summed E-state index contributed by atoms with van der Waals surface area (Å²) in [5.41, 5.74) is 2.14. The van der Waals surface area contributed by atoms with E-state index in [-0.39, 0.29) is 49.4 Å². The van der Waals surface area contributed by atoms with Crippen molar-refractivity contribution in [3.63, 3.8) is 0 Å². The molecule has 4 amide bonds. The van der Waals surface area contributed by atoms with E-state index in [1.165, 1.54) is 11.0 Å². The van der Waals surface area contributed by atoms with Gasteiger partial charge in [-0.1, -0.05) is 72.7 Å². The maximum Gasteiger partial charge on any atom is 0.417 e. The number of aromatic nitrogens is 2. The summed E-state index contributed by atoms with van der Waals surface area (Å²) in [6.45, 7) is 17.4. The fraction of sp³-hybridized carbons (Fsp3) is 0.519. The number of nitriles is 1. The van der Waals surface area contributed by atoms with Gasteiger partial charge in [-0.2, -0.15) is 18.4 Å². The molecule has 2 aromatic carbocycles. The second-order valence-corrected chi connectivity index (χ2v) is 21.6. The van der Waals surface area contributed by atoms with Gasteiger partial charge in [-0.05, 0) is 73.9 Å². The van der Waals surface area contributed by atoms with E-state index < -0.39 is 69.7 Å². The summed E-state index contributed by atoms with van der Waals surface area (Å²) < 4.78 is 52.4. The lowest BCUT2D eigenvalue weighted by Gasteiger charge is -2.62. The number of thiazole rings is 1. The molecule has 5 N–H and O–H groups in total. The average molecular weight is 1000 g/mol. The van der Waals surface area contributed by atoms with E-state index in [0.717, 1.165) is 52.5 Å². The second kappa shape index (κ2) is 22.1. The standard InChI is InChI=1S/C52H65F3N8O7S/c1-30(32-13-15-33(16-14-32)42-31(2)59-29-71-42)60-45(67)39-23-37(64)27-63(39)46(68)43(49(3,4)5)61-40(65)28-69-22-12-10-11-21-57-36-19-17-34(18-20-36)44(66)62-47-50(6,7)48(51(47,8)9)70-41-24-38(52(53,54)55)35(25-56)26-58-41/h13-20,24,26,29-30,37,39,43,47-48,57,64H,10-12,21-23,27-28H2,1-9H3,(H,60,67)(H,61,65)(H,62,66)/t30-,37+,39-,43+,47?,48?/m0/s1. The first-order valence-electron chi connectivity index (χ1n) is 23.8. The Labute approximate surface area is 417 Å². The van der Waals surface area contributed by atoms with Crippen LogP contribution in [0.25, 0.3) is 10.4 Å². The van der Waals surface area contributed by atoms with Crippen molar-refractivity contribution in [2.24, 2.45) is 16.2 Å². The first-order chi connectivity index (χ1) is 33.3. The van der Waals surface area contributed by atoms with Crippen molar-refractivity contribution in [1.29, 1.82) is 5.26 Å². The Morgan fingerprint density at radius 2 is 1.65 bits per heavy atom. The molecule has 0 bridgehead atoms. The Morgan fingerprint density at radius 1 is 0.972 bits per heavy atom. The number of aliphatic hydroxyl groups is 1. The molecule has 4 aromatic rings. The molecule has 1 aliphatic carbocycles. The number of aryl methyl sites for hydroxylation is 1. The molecule has 2 aromatic heterocycles. The monoisotopic (exact) mass is 1000 g/mol. The number of likely N-dealkylation sites (tertiary alicyclic amines) is 1. The van der Waals surface area contributed by atoms with Gasteiger partial charge < -0.3 is 40.7 Å². The summed E-state index contributed by atoms with van der Waals surface area (Å²) >= 11 is 1.56. The van der Waals surface area contributed by atoms with Crippen LogP contribution in [0.4, 0.5) is 18.9 Å². The maximum absolute atomic E-state index is 14.1. The van der Waals surface area contributed by atoms with Crippen molar-refractivity contribution < 1.29 is 46.9 Å². The number of benzene rings is 2. The number of rotatable bonds is 19. The number of amides is 4. The lowest BCUT2D eigenvalue weighted by molar-refractivity contribution is -0.166. The third kappa shape index (κ3) is 12.9. The number of carbonyl (C=O) groups excluding carboxylic acids is 4. The molecule has 0 unspecified atom stereocenters. The van der Waals surface area contributed by atoms with Gasteiger partial charge in [0.2, 0.25) is 23.6 Å². The van der Waals surface area contributed by atoms with Gasteiger partial charge in [-0.25, -0.2) is 9.97 Å². The Bertz CT molecular complexity index is 2560. The number of anilines is 1. The van der Waals surface area contributed by atoms with Gasteiger partial charge >= 0.3 is 6.18 Å². The van der Waals surface area contributed by atoms with Crippen LogP contribution < -0.4 is 26.0 Å². The van der Waals surface area contributed by atoms with Crippen LogP contribution in [0.1, 0.15) is 120 Å². The molecule has 15 nitrogen and oxygen atoms in total. The number of unbranched alkanes of at least 4 members (excludes halogenated alkanes) is 2. The molecule has 1 saturated heterocycles. The molecule has 382 valence electrons. The predicted octanol–water partition coefficient (Wildman–Crippen LogP) is 7.98. The number of halogens is 3. The predicted molar refractivity (Wildman–Crippen MR) is 263 cm³/mol.